The Morgan fingerprint density at radius 3 is 2.65 bits per heavy atom. The molecule has 2 aliphatic heterocycles. The van der Waals surface area contributed by atoms with Gasteiger partial charge in [-0.25, -0.2) is 8.78 Å². The Morgan fingerprint density at radius 2 is 1.87 bits per heavy atom. The fourth-order valence-corrected chi connectivity index (χ4v) is 5.51. The van der Waals surface area contributed by atoms with E-state index in [0.717, 1.165) is 57.8 Å². The smallest absolute Gasteiger partial charge is 0.264 e. The van der Waals surface area contributed by atoms with Gasteiger partial charge in [0.15, 0.2) is 5.65 Å². The molecular weight excluding hydrogens is 404 g/mol. The maximum atomic E-state index is 13.6. The Balaban J connectivity index is 1.38. The van der Waals surface area contributed by atoms with E-state index in [0.29, 0.717) is 18.0 Å². The lowest BCUT2D eigenvalue weighted by atomic mass is 10.1. The molecule has 31 heavy (non-hydrogen) atoms. The molecule has 1 amide bonds. The van der Waals surface area contributed by atoms with Crippen LogP contribution in [0.15, 0.2) is 17.1 Å². The van der Waals surface area contributed by atoms with E-state index in [9.17, 15) is 18.4 Å². The fourth-order valence-electron chi connectivity index (χ4n) is 5.51. The second kappa shape index (κ2) is 8.33. The van der Waals surface area contributed by atoms with Crippen LogP contribution in [0, 0.1) is 0 Å². The Bertz CT molecular complexity index is 1030. The molecule has 1 saturated carbocycles. The van der Waals surface area contributed by atoms with Gasteiger partial charge in [-0.2, -0.15) is 5.10 Å². The first-order valence-electron chi connectivity index (χ1n) is 11.4. The highest BCUT2D eigenvalue weighted by atomic mass is 19.3. The van der Waals surface area contributed by atoms with Crippen molar-refractivity contribution in [3.05, 3.63) is 28.2 Å². The van der Waals surface area contributed by atoms with Crippen molar-refractivity contribution < 1.29 is 13.6 Å². The van der Waals surface area contributed by atoms with Crippen molar-refractivity contribution in [1.29, 1.82) is 0 Å². The topological polar surface area (TPSA) is 63.4 Å². The van der Waals surface area contributed by atoms with Gasteiger partial charge in [0, 0.05) is 61.9 Å². The summed E-state index contributed by atoms with van der Waals surface area (Å²) in [4.78, 5) is 29.8. The van der Waals surface area contributed by atoms with Gasteiger partial charge in [-0.15, -0.1) is 0 Å². The lowest BCUT2D eigenvalue weighted by Crippen LogP contribution is -2.52. The summed E-state index contributed by atoms with van der Waals surface area (Å²) < 4.78 is 30.4. The minimum Gasteiger partial charge on any atom is -0.340 e. The summed E-state index contributed by atoms with van der Waals surface area (Å²) in [6.45, 7) is 3.62. The van der Waals surface area contributed by atoms with Gasteiger partial charge in [-0.3, -0.25) is 23.7 Å². The van der Waals surface area contributed by atoms with Gasteiger partial charge in [0.2, 0.25) is 5.91 Å². The number of aromatic nitrogens is 3. The van der Waals surface area contributed by atoms with Crippen LogP contribution in [0.5, 0.6) is 0 Å². The van der Waals surface area contributed by atoms with Crippen molar-refractivity contribution in [3.63, 3.8) is 0 Å². The van der Waals surface area contributed by atoms with Crippen LogP contribution in [-0.2, 0) is 11.3 Å². The van der Waals surface area contributed by atoms with E-state index in [1.54, 1.807) is 10.9 Å². The fraction of sp³-hybridized carbons (Fsp3) is 0.682. The van der Waals surface area contributed by atoms with E-state index in [1.165, 1.54) is 11.0 Å². The highest BCUT2D eigenvalue weighted by Crippen LogP contribution is 2.32. The first kappa shape index (κ1) is 20.6. The Kier molecular flexibility index (Phi) is 5.54. The SMILES string of the molecule is O=C(CCn1c(=O)cc(C(F)F)c2cn(C3CCCC3)nc21)N1CCN2CCCC2C1. The van der Waals surface area contributed by atoms with Gasteiger partial charge in [0.05, 0.1) is 6.04 Å². The standard InChI is InChI=1S/C22H29F2N5O2/c23-21(24)17-12-20(31)28(22-18(17)14-29(25-22)15-4-1-2-5-15)9-7-19(30)27-11-10-26-8-3-6-16(26)13-27/h12,14-16,21H,1-11,13H2. The summed E-state index contributed by atoms with van der Waals surface area (Å²) in [7, 11) is 0. The van der Waals surface area contributed by atoms with E-state index in [1.807, 2.05) is 4.90 Å². The van der Waals surface area contributed by atoms with Crippen LogP contribution in [0.3, 0.4) is 0 Å². The predicted molar refractivity (Wildman–Crippen MR) is 112 cm³/mol. The number of pyridine rings is 1. The summed E-state index contributed by atoms with van der Waals surface area (Å²) in [6.07, 6.45) is 5.52. The number of halogens is 2. The lowest BCUT2D eigenvalue weighted by Gasteiger charge is -2.37. The quantitative estimate of drug-likeness (QED) is 0.727. The largest absolute Gasteiger partial charge is 0.340 e. The van der Waals surface area contributed by atoms with Gasteiger partial charge >= 0.3 is 0 Å². The molecule has 0 radical (unpaired) electrons. The molecule has 7 nitrogen and oxygen atoms in total. The Hall–Kier alpha value is -2.29. The lowest BCUT2D eigenvalue weighted by molar-refractivity contribution is -0.134. The first-order chi connectivity index (χ1) is 15.0. The third kappa shape index (κ3) is 3.88. The molecule has 2 aromatic rings. The summed E-state index contributed by atoms with van der Waals surface area (Å²) in [5.41, 5.74) is -0.528. The number of alkyl halides is 2. The monoisotopic (exact) mass is 433 g/mol. The highest BCUT2D eigenvalue weighted by molar-refractivity contribution is 5.80. The molecule has 1 aliphatic carbocycles. The van der Waals surface area contributed by atoms with Gasteiger partial charge in [-0.1, -0.05) is 12.8 Å². The van der Waals surface area contributed by atoms with Crippen LogP contribution in [0.4, 0.5) is 8.78 Å². The predicted octanol–water partition coefficient (Wildman–Crippen LogP) is 2.95. The van der Waals surface area contributed by atoms with E-state index < -0.39 is 12.0 Å². The number of fused-ring (bicyclic) bond motifs is 2. The molecule has 168 valence electrons. The average Bonchev–Trinajstić information content (AvgIpc) is 3.51. The van der Waals surface area contributed by atoms with Crippen LogP contribution >= 0.6 is 0 Å². The van der Waals surface area contributed by atoms with Crippen LogP contribution in [0.1, 0.15) is 63.0 Å². The summed E-state index contributed by atoms with van der Waals surface area (Å²) in [5.74, 6) is 0.0137. The molecule has 2 saturated heterocycles. The van der Waals surface area contributed by atoms with E-state index in [4.69, 9.17) is 0 Å². The van der Waals surface area contributed by atoms with Gasteiger partial charge in [0.1, 0.15) is 0 Å². The molecule has 0 spiro atoms. The van der Waals surface area contributed by atoms with Crippen LogP contribution in [-0.4, -0.2) is 62.3 Å². The number of carbonyl (C=O) groups excluding carboxylic acids is 1. The molecule has 3 aliphatic rings. The maximum Gasteiger partial charge on any atom is 0.264 e. The number of amides is 1. The molecule has 2 aromatic heterocycles. The summed E-state index contributed by atoms with van der Waals surface area (Å²) >= 11 is 0. The van der Waals surface area contributed by atoms with E-state index in [-0.39, 0.29) is 36.1 Å². The van der Waals surface area contributed by atoms with Gasteiger partial charge in [0.25, 0.3) is 12.0 Å². The number of nitrogens with zero attached hydrogens (tertiary/aromatic N) is 5. The number of piperazine rings is 1. The minimum absolute atomic E-state index is 0.0137. The van der Waals surface area contributed by atoms with Crippen LogP contribution < -0.4 is 5.56 Å². The number of rotatable bonds is 5. The molecular formula is C22H29F2N5O2. The molecule has 5 rings (SSSR count). The molecule has 9 heteroatoms. The minimum atomic E-state index is -2.74. The molecule has 3 fully saturated rings. The average molecular weight is 434 g/mol. The van der Waals surface area contributed by atoms with E-state index in [2.05, 4.69) is 10.00 Å². The zero-order chi connectivity index (χ0) is 21.5. The number of hydrogen-bond donors (Lipinski definition) is 0. The van der Waals surface area contributed by atoms with Crippen molar-refractivity contribution in [2.24, 2.45) is 0 Å². The molecule has 0 bridgehead atoms. The second-order valence-corrected chi connectivity index (χ2v) is 9.10. The van der Waals surface area contributed by atoms with Crippen molar-refractivity contribution in [2.75, 3.05) is 26.2 Å². The highest BCUT2D eigenvalue weighted by Gasteiger charge is 2.32. The second-order valence-electron chi connectivity index (χ2n) is 9.10. The van der Waals surface area contributed by atoms with E-state index >= 15 is 0 Å². The number of aryl methyl sites for hydroxylation is 1. The van der Waals surface area contributed by atoms with Crippen LogP contribution in [0.2, 0.25) is 0 Å². The Morgan fingerprint density at radius 1 is 1.10 bits per heavy atom. The summed E-state index contributed by atoms with van der Waals surface area (Å²) in [6, 6.07) is 1.64. The third-order valence-electron chi connectivity index (χ3n) is 7.25. The van der Waals surface area contributed by atoms with Crippen molar-refractivity contribution in [1.82, 2.24) is 24.1 Å². The maximum absolute atomic E-state index is 13.6. The summed E-state index contributed by atoms with van der Waals surface area (Å²) in [5, 5.41) is 4.86. The molecule has 0 aromatic carbocycles. The van der Waals surface area contributed by atoms with Crippen molar-refractivity contribution in [2.45, 2.75) is 70.0 Å². The number of carbonyl (C=O) groups is 1. The molecule has 0 N–H and O–H groups in total. The van der Waals surface area contributed by atoms with Crippen molar-refractivity contribution >= 4 is 16.9 Å². The zero-order valence-corrected chi connectivity index (χ0v) is 17.7. The molecule has 4 heterocycles. The van der Waals surface area contributed by atoms with Gasteiger partial charge < -0.3 is 4.90 Å². The third-order valence-corrected chi connectivity index (χ3v) is 7.25. The Labute approximate surface area is 179 Å². The first-order valence-corrected chi connectivity index (χ1v) is 11.4. The molecule has 1 unspecified atom stereocenters. The normalized spacial score (nSPS) is 22.7. The number of hydrogen-bond acceptors (Lipinski definition) is 4. The zero-order valence-electron chi connectivity index (χ0n) is 17.7. The van der Waals surface area contributed by atoms with Gasteiger partial charge in [-0.05, 0) is 32.2 Å². The van der Waals surface area contributed by atoms with Crippen LogP contribution in [0.25, 0.3) is 11.0 Å². The van der Waals surface area contributed by atoms with Crippen molar-refractivity contribution in [3.8, 4) is 0 Å². The molecule has 1 atom stereocenters.